The predicted molar refractivity (Wildman–Crippen MR) is 105 cm³/mol. The first-order chi connectivity index (χ1) is 13.6. The summed E-state index contributed by atoms with van der Waals surface area (Å²) in [4.78, 5) is 26.8. The summed E-state index contributed by atoms with van der Waals surface area (Å²) in [5, 5.41) is 25.5. The van der Waals surface area contributed by atoms with Gasteiger partial charge in [0.2, 0.25) is 0 Å². The highest BCUT2D eigenvalue weighted by Gasteiger charge is 2.09. The van der Waals surface area contributed by atoms with Crippen LogP contribution in [0.3, 0.4) is 0 Å². The van der Waals surface area contributed by atoms with E-state index in [0.717, 1.165) is 11.1 Å². The SMILES string of the molecule is O=C(NCCO)c1cccc(-c2cncc(Nc3cccc([N+](=O)[O-])c3)c2)c1. The van der Waals surface area contributed by atoms with E-state index in [4.69, 9.17) is 5.11 Å². The first-order valence-corrected chi connectivity index (χ1v) is 8.53. The lowest BCUT2D eigenvalue weighted by Gasteiger charge is -2.09. The Labute approximate surface area is 161 Å². The van der Waals surface area contributed by atoms with Gasteiger partial charge in [0.1, 0.15) is 0 Å². The number of anilines is 2. The zero-order valence-electron chi connectivity index (χ0n) is 14.8. The number of nitrogens with one attached hydrogen (secondary N) is 2. The smallest absolute Gasteiger partial charge is 0.271 e. The van der Waals surface area contributed by atoms with Crippen LogP contribution in [-0.2, 0) is 0 Å². The largest absolute Gasteiger partial charge is 0.395 e. The quantitative estimate of drug-likeness (QED) is 0.429. The molecule has 0 atom stereocenters. The van der Waals surface area contributed by atoms with Gasteiger partial charge in [0, 0.05) is 41.7 Å². The number of aliphatic hydroxyl groups excluding tert-OH is 1. The number of rotatable bonds is 7. The first kappa shape index (κ1) is 19.0. The van der Waals surface area contributed by atoms with E-state index < -0.39 is 4.92 Å². The van der Waals surface area contributed by atoms with Crippen molar-refractivity contribution in [2.24, 2.45) is 0 Å². The van der Waals surface area contributed by atoms with E-state index in [1.165, 1.54) is 12.1 Å². The minimum Gasteiger partial charge on any atom is -0.395 e. The van der Waals surface area contributed by atoms with Crippen molar-refractivity contribution in [2.75, 3.05) is 18.5 Å². The van der Waals surface area contributed by atoms with Gasteiger partial charge in [-0.3, -0.25) is 19.9 Å². The number of benzene rings is 2. The maximum Gasteiger partial charge on any atom is 0.271 e. The molecule has 1 heterocycles. The summed E-state index contributed by atoms with van der Waals surface area (Å²) in [6.45, 7) is 0.0634. The Kier molecular flexibility index (Phi) is 5.93. The maximum atomic E-state index is 12.1. The van der Waals surface area contributed by atoms with Crippen LogP contribution < -0.4 is 10.6 Å². The van der Waals surface area contributed by atoms with Crippen molar-refractivity contribution in [3.8, 4) is 11.1 Å². The maximum absolute atomic E-state index is 12.1. The fourth-order valence-electron chi connectivity index (χ4n) is 2.64. The molecule has 0 aliphatic rings. The lowest BCUT2D eigenvalue weighted by atomic mass is 10.0. The number of aromatic nitrogens is 1. The van der Waals surface area contributed by atoms with E-state index in [9.17, 15) is 14.9 Å². The number of hydrogen-bond donors (Lipinski definition) is 3. The average molecular weight is 378 g/mol. The van der Waals surface area contributed by atoms with Crippen molar-refractivity contribution in [1.82, 2.24) is 10.3 Å². The standard InChI is InChI=1S/C20H18N4O4/c25-8-7-22-20(26)15-4-1-3-14(9-15)16-10-18(13-21-12-16)23-17-5-2-6-19(11-17)24(27)28/h1-6,9-13,23,25H,7-8H2,(H,22,26). The van der Waals surface area contributed by atoms with Gasteiger partial charge in [-0.25, -0.2) is 0 Å². The zero-order chi connectivity index (χ0) is 19.9. The Balaban J connectivity index is 1.83. The molecular weight excluding hydrogens is 360 g/mol. The van der Waals surface area contributed by atoms with Gasteiger partial charge in [-0.15, -0.1) is 0 Å². The van der Waals surface area contributed by atoms with Gasteiger partial charge in [-0.1, -0.05) is 18.2 Å². The Morgan fingerprint density at radius 1 is 1.04 bits per heavy atom. The topological polar surface area (TPSA) is 117 Å². The Bertz CT molecular complexity index is 1010. The molecule has 0 aliphatic carbocycles. The molecule has 0 radical (unpaired) electrons. The first-order valence-electron chi connectivity index (χ1n) is 8.53. The highest BCUT2D eigenvalue weighted by molar-refractivity contribution is 5.95. The molecule has 0 bridgehead atoms. The summed E-state index contributed by atoms with van der Waals surface area (Å²) in [5.41, 5.74) is 3.29. The van der Waals surface area contributed by atoms with Crippen LogP contribution in [0.4, 0.5) is 17.1 Å². The summed E-state index contributed by atoms with van der Waals surface area (Å²) in [7, 11) is 0. The summed E-state index contributed by atoms with van der Waals surface area (Å²) in [5.74, 6) is -0.269. The Morgan fingerprint density at radius 3 is 2.64 bits per heavy atom. The number of carbonyl (C=O) groups excluding carboxylic acids is 1. The molecule has 3 rings (SSSR count). The van der Waals surface area contributed by atoms with E-state index in [1.807, 2.05) is 12.1 Å². The van der Waals surface area contributed by atoms with Gasteiger partial charge in [0.05, 0.1) is 23.4 Å². The Hall–Kier alpha value is -3.78. The summed E-state index contributed by atoms with van der Waals surface area (Å²) in [6.07, 6.45) is 3.28. The number of hydrogen-bond acceptors (Lipinski definition) is 6. The number of pyridine rings is 1. The third kappa shape index (κ3) is 4.68. The number of nitro groups is 1. The Morgan fingerprint density at radius 2 is 1.86 bits per heavy atom. The highest BCUT2D eigenvalue weighted by Crippen LogP contribution is 2.26. The molecule has 0 saturated carbocycles. The number of carbonyl (C=O) groups is 1. The fraction of sp³-hybridized carbons (Fsp3) is 0.100. The predicted octanol–water partition coefficient (Wildman–Crippen LogP) is 3.12. The molecule has 8 heteroatoms. The molecule has 142 valence electrons. The second-order valence-corrected chi connectivity index (χ2v) is 5.96. The molecule has 2 aromatic carbocycles. The lowest BCUT2D eigenvalue weighted by Crippen LogP contribution is -2.26. The summed E-state index contributed by atoms with van der Waals surface area (Å²) < 4.78 is 0. The second kappa shape index (κ2) is 8.74. The number of aliphatic hydroxyl groups is 1. The summed E-state index contributed by atoms with van der Waals surface area (Å²) in [6, 6.07) is 15.1. The van der Waals surface area contributed by atoms with Crippen molar-refractivity contribution in [3.05, 3.63) is 82.7 Å². The van der Waals surface area contributed by atoms with Crippen LogP contribution in [0.25, 0.3) is 11.1 Å². The number of nitro benzene ring substituents is 1. The number of non-ortho nitro benzene ring substituents is 1. The molecule has 0 spiro atoms. The van der Waals surface area contributed by atoms with Crippen molar-refractivity contribution in [1.29, 1.82) is 0 Å². The minimum atomic E-state index is -0.451. The van der Waals surface area contributed by atoms with Crippen molar-refractivity contribution in [2.45, 2.75) is 0 Å². The number of amides is 1. The van der Waals surface area contributed by atoms with Crippen molar-refractivity contribution >= 4 is 23.0 Å². The average Bonchev–Trinajstić information content (AvgIpc) is 2.72. The summed E-state index contributed by atoms with van der Waals surface area (Å²) >= 11 is 0. The monoisotopic (exact) mass is 378 g/mol. The van der Waals surface area contributed by atoms with Crippen LogP contribution in [0.5, 0.6) is 0 Å². The molecule has 0 saturated heterocycles. The molecule has 8 nitrogen and oxygen atoms in total. The van der Waals surface area contributed by atoms with E-state index in [2.05, 4.69) is 15.6 Å². The van der Waals surface area contributed by atoms with E-state index in [0.29, 0.717) is 16.9 Å². The van der Waals surface area contributed by atoms with Crippen LogP contribution in [0.1, 0.15) is 10.4 Å². The molecule has 1 amide bonds. The number of nitrogens with zero attached hydrogens (tertiary/aromatic N) is 2. The van der Waals surface area contributed by atoms with Gasteiger partial charge in [-0.2, -0.15) is 0 Å². The zero-order valence-corrected chi connectivity index (χ0v) is 14.8. The van der Waals surface area contributed by atoms with Crippen LogP contribution in [0.15, 0.2) is 67.0 Å². The normalized spacial score (nSPS) is 10.3. The molecule has 0 fully saturated rings. The lowest BCUT2D eigenvalue weighted by molar-refractivity contribution is -0.384. The molecule has 28 heavy (non-hydrogen) atoms. The van der Waals surface area contributed by atoms with Gasteiger partial charge in [-0.05, 0) is 29.8 Å². The third-order valence-corrected chi connectivity index (χ3v) is 3.94. The molecule has 3 aromatic rings. The van der Waals surface area contributed by atoms with Gasteiger partial charge >= 0.3 is 0 Å². The van der Waals surface area contributed by atoms with Gasteiger partial charge in [0.25, 0.3) is 11.6 Å². The molecule has 0 aliphatic heterocycles. The van der Waals surface area contributed by atoms with E-state index in [1.54, 1.807) is 42.7 Å². The molecular formula is C20H18N4O4. The van der Waals surface area contributed by atoms with Gasteiger partial charge < -0.3 is 15.7 Å². The van der Waals surface area contributed by atoms with Crippen LogP contribution in [0.2, 0.25) is 0 Å². The molecule has 3 N–H and O–H groups in total. The highest BCUT2D eigenvalue weighted by atomic mass is 16.6. The van der Waals surface area contributed by atoms with Crippen LogP contribution >= 0.6 is 0 Å². The van der Waals surface area contributed by atoms with Gasteiger partial charge in [0.15, 0.2) is 0 Å². The fourth-order valence-corrected chi connectivity index (χ4v) is 2.64. The van der Waals surface area contributed by atoms with Crippen molar-refractivity contribution in [3.63, 3.8) is 0 Å². The molecule has 1 aromatic heterocycles. The molecule has 0 unspecified atom stereocenters. The van der Waals surface area contributed by atoms with Crippen LogP contribution in [0, 0.1) is 10.1 Å². The second-order valence-electron chi connectivity index (χ2n) is 5.96. The van der Waals surface area contributed by atoms with Crippen molar-refractivity contribution < 1.29 is 14.8 Å². The van der Waals surface area contributed by atoms with E-state index >= 15 is 0 Å². The van der Waals surface area contributed by atoms with Crippen LogP contribution in [-0.4, -0.2) is 34.1 Å². The minimum absolute atomic E-state index is 0.00398. The van der Waals surface area contributed by atoms with E-state index in [-0.39, 0.29) is 24.7 Å². The third-order valence-electron chi connectivity index (χ3n) is 3.94.